The number of ether oxygens (including phenoxy) is 1. The van der Waals surface area contributed by atoms with Crippen LogP contribution in [0.4, 0.5) is 0 Å². The zero-order chi connectivity index (χ0) is 13.3. The molecular formula is C11H22N2O4. The number of rotatable bonds is 9. The molecule has 0 aliphatic heterocycles. The van der Waals surface area contributed by atoms with Crippen LogP contribution < -0.4 is 5.32 Å². The smallest absolute Gasteiger partial charge is 0.323 e. The maximum atomic E-state index is 11.6. The van der Waals surface area contributed by atoms with Gasteiger partial charge in [0.2, 0.25) is 5.91 Å². The molecule has 0 saturated heterocycles. The monoisotopic (exact) mass is 246 g/mol. The van der Waals surface area contributed by atoms with Crippen LogP contribution in [0, 0.1) is 0 Å². The molecule has 6 heteroatoms. The fourth-order valence-electron chi connectivity index (χ4n) is 1.47. The molecule has 0 aromatic rings. The van der Waals surface area contributed by atoms with Crippen molar-refractivity contribution in [2.75, 3.05) is 33.4 Å². The Bertz CT molecular complexity index is 242. The summed E-state index contributed by atoms with van der Waals surface area (Å²) in [6, 6.07) is -0.760. The number of carbonyl (C=O) groups is 2. The van der Waals surface area contributed by atoms with E-state index in [4.69, 9.17) is 9.84 Å². The molecule has 0 aromatic carbocycles. The fourth-order valence-corrected chi connectivity index (χ4v) is 1.47. The van der Waals surface area contributed by atoms with Crippen LogP contribution in [0.2, 0.25) is 0 Å². The molecule has 0 fully saturated rings. The Morgan fingerprint density at radius 3 is 2.35 bits per heavy atom. The van der Waals surface area contributed by atoms with Crippen LogP contribution >= 0.6 is 0 Å². The average Bonchev–Trinajstić information content (AvgIpc) is 2.29. The number of carbonyl (C=O) groups excluding carboxylic acids is 1. The lowest BCUT2D eigenvalue weighted by molar-refractivity contribution is -0.141. The van der Waals surface area contributed by atoms with Gasteiger partial charge in [0.25, 0.3) is 0 Å². The van der Waals surface area contributed by atoms with Gasteiger partial charge in [-0.15, -0.1) is 0 Å². The third-order valence-electron chi connectivity index (χ3n) is 2.48. The number of carboxylic acids is 1. The predicted molar refractivity (Wildman–Crippen MR) is 63.8 cm³/mol. The Kier molecular flexibility index (Phi) is 8.35. The Morgan fingerprint density at radius 2 is 1.94 bits per heavy atom. The third-order valence-corrected chi connectivity index (χ3v) is 2.48. The highest BCUT2D eigenvalue weighted by Gasteiger charge is 2.17. The molecule has 100 valence electrons. The molecule has 1 amide bonds. The molecule has 6 nitrogen and oxygen atoms in total. The summed E-state index contributed by atoms with van der Waals surface area (Å²) in [4.78, 5) is 24.1. The Morgan fingerprint density at radius 1 is 1.35 bits per heavy atom. The average molecular weight is 246 g/mol. The van der Waals surface area contributed by atoms with Gasteiger partial charge in [-0.1, -0.05) is 0 Å². The van der Waals surface area contributed by atoms with Gasteiger partial charge < -0.3 is 20.1 Å². The van der Waals surface area contributed by atoms with Gasteiger partial charge in [-0.05, 0) is 13.8 Å². The van der Waals surface area contributed by atoms with Crippen LogP contribution in [0.15, 0.2) is 0 Å². The van der Waals surface area contributed by atoms with Crippen molar-refractivity contribution in [3.63, 3.8) is 0 Å². The number of amides is 1. The molecular weight excluding hydrogens is 224 g/mol. The molecule has 1 atom stereocenters. The van der Waals surface area contributed by atoms with Crippen LogP contribution in [0.25, 0.3) is 0 Å². The number of hydrogen-bond acceptors (Lipinski definition) is 4. The summed E-state index contributed by atoms with van der Waals surface area (Å²) in [5.74, 6) is -0.939. The second kappa shape index (κ2) is 8.95. The van der Waals surface area contributed by atoms with E-state index in [0.717, 1.165) is 0 Å². The van der Waals surface area contributed by atoms with Crippen molar-refractivity contribution in [2.45, 2.75) is 26.3 Å². The molecule has 0 aliphatic rings. The van der Waals surface area contributed by atoms with E-state index in [0.29, 0.717) is 26.1 Å². The summed E-state index contributed by atoms with van der Waals surface area (Å²) < 4.78 is 4.77. The summed E-state index contributed by atoms with van der Waals surface area (Å²) in [5.41, 5.74) is 0. The van der Waals surface area contributed by atoms with Crippen molar-refractivity contribution < 1.29 is 19.4 Å². The molecule has 0 heterocycles. The summed E-state index contributed by atoms with van der Waals surface area (Å²) in [6.07, 6.45) is 0.301. The van der Waals surface area contributed by atoms with Gasteiger partial charge in [-0.25, -0.2) is 0 Å². The summed E-state index contributed by atoms with van der Waals surface area (Å²) in [6.45, 7) is 5.62. The van der Waals surface area contributed by atoms with Gasteiger partial charge >= 0.3 is 5.97 Å². The first-order chi connectivity index (χ1) is 8.06. The number of aliphatic carboxylic acids is 1. The van der Waals surface area contributed by atoms with E-state index in [1.807, 2.05) is 13.8 Å². The molecule has 0 bridgehead atoms. The SMILES string of the molecule is CCN(CC)C(=O)CCNC(COC)C(=O)O. The zero-order valence-electron chi connectivity index (χ0n) is 10.7. The largest absolute Gasteiger partial charge is 0.480 e. The molecule has 0 radical (unpaired) electrons. The van der Waals surface area contributed by atoms with Gasteiger partial charge in [0.15, 0.2) is 0 Å². The maximum Gasteiger partial charge on any atom is 0.323 e. The molecule has 0 spiro atoms. The van der Waals surface area contributed by atoms with E-state index >= 15 is 0 Å². The topological polar surface area (TPSA) is 78.9 Å². The molecule has 0 aliphatic carbocycles. The van der Waals surface area contributed by atoms with Crippen molar-refractivity contribution in [1.29, 1.82) is 0 Å². The second-order valence-electron chi connectivity index (χ2n) is 3.62. The lowest BCUT2D eigenvalue weighted by Crippen LogP contribution is -2.42. The van der Waals surface area contributed by atoms with Crippen LogP contribution in [0.1, 0.15) is 20.3 Å². The number of methoxy groups -OCH3 is 1. The first-order valence-electron chi connectivity index (χ1n) is 5.79. The van der Waals surface area contributed by atoms with E-state index in [1.165, 1.54) is 7.11 Å². The molecule has 0 rings (SSSR count). The van der Waals surface area contributed by atoms with Crippen molar-refractivity contribution in [1.82, 2.24) is 10.2 Å². The lowest BCUT2D eigenvalue weighted by atomic mass is 10.3. The molecule has 2 N–H and O–H groups in total. The highest BCUT2D eigenvalue weighted by molar-refractivity contribution is 5.76. The number of hydrogen-bond donors (Lipinski definition) is 2. The van der Waals surface area contributed by atoms with Crippen molar-refractivity contribution in [2.24, 2.45) is 0 Å². The first kappa shape index (κ1) is 15.9. The highest BCUT2D eigenvalue weighted by atomic mass is 16.5. The van der Waals surface area contributed by atoms with Gasteiger partial charge in [0, 0.05) is 33.2 Å². The normalized spacial score (nSPS) is 12.2. The van der Waals surface area contributed by atoms with E-state index in [2.05, 4.69) is 5.32 Å². The third kappa shape index (κ3) is 6.23. The Balaban J connectivity index is 3.95. The minimum atomic E-state index is -0.970. The van der Waals surface area contributed by atoms with Crippen molar-refractivity contribution >= 4 is 11.9 Å². The Labute approximate surface area is 102 Å². The molecule has 1 unspecified atom stereocenters. The standard InChI is InChI=1S/C11H22N2O4/c1-4-13(5-2)10(14)6-7-12-9(8-17-3)11(15)16/h9,12H,4-8H2,1-3H3,(H,15,16). The van der Waals surface area contributed by atoms with Crippen LogP contribution in [0.3, 0.4) is 0 Å². The number of nitrogens with zero attached hydrogens (tertiary/aromatic N) is 1. The maximum absolute atomic E-state index is 11.6. The van der Waals surface area contributed by atoms with Gasteiger partial charge in [0.1, 0.15) is 6.04 Å². The van der Waals surface area contributed by atoms with Gasteiger partial charge in [-0.2, -0.15) is 0 Å². The van der Waals surface area contributed by atoms with E-state index in [-0.39, 0.29) is 12.5 Å². The second-order valence-corrected chi connectivity index (χ2v) is 3.62. The summed E-state index contributed by atoms with van der Waals surface area (Å²) in [5, 5.41) is 11.6. The predicted octanol–water partition coefficient (Wildman–Crippen LogP) is -0.0659. The molecule has 0 saturated carbocycles. The van der Waals surface area contributed by atoms with Gasteiger partial charge in [0.05, 0.1) is 6.61 Å². The fraction of sp³-hybridized carbons (Fsp3) is 0.818. The van der Waals surface area contributed by atoms with Crippen molar-refractivity contribution in [3.05, 3.63) is 0 Å². The van der Waals surface area contributed by atoms with E-state index < -0.39 is 12.0 Å². The zero-order valence-corrected chi connectivity index (χ0v) is 10.7. The van der Waals surface area contributed by atoms with Crippen LogP contribution in [-0.4, -0.2) is 61.3 Å². The lowest BCUT2D eigenvalue weighted by Gasteiger charge is -2.19. The molecule has 0 aromatic heterocycles. The highest BCUT2D eigenvalue weighted by Crippen LogP contribution is 1.94. The quantitative estimate of drug-likeness (QED) is 0.595. The van der Waals surface area contributed by atoms with Crippen molar-refractivity contribution in [3.8, 4) is 0 Å². The van der Waals surface area contributed by atoms with E-state index in [9.17, 15) is 9.59 Å². The van der Waals surface area contributed by atoms with Gasteiger partial charge in [-0.3, -0.25) is 9.59 Å². The summed E-state index contributed by atoms with van der Waals surface area (Å²) in [7, 11) is 1.44. The number of nitrogens with one attached hydrogen (secondary N) is 1. The summed E-state index contributed by atoms with van der Waals surface area (Å²) >= 11 is 0. The Hall–Kier alpha value is -1.14. The number of carboxylic acid groups (broad SMARTS) is 1. The van der Waals surface area contributed by atoms with E-state index in [1.54, 1.807) is 4.90 Å². The van der Waals surface area contributed by atoms with Crippen LogP contribution in [-0.2, 0) is 14.3 Å². The minimum Gasteiger partial charge on any atom is -0.480 e. The first-order valence-corrected chi connectivity index (χ1v) is 5.79. The minimum absolute atomic E-state index is 0.0315. The van der Waals surface area contributed by atoms with Crippen LogP contribution in [0.5, 0.6) is 0 Å². The molecule has 17 heavy (non-hydrogen) atoms.